The van der Waals surface area contributed by atoms with E-state index in [1.165, 1.54) is 16.2 Å². The zero-order valence-electron chi connectivity index (χ0n) is 35.2. The number of hydrogen-bond donors (Lipinski definition) is 4. The van der Waals surface area contributed by atoms with E-state index in [1.54, 1.807) is 20.8 Å². The van der Waals surface area contributed by atoms with Crippen molar-refractivity contribution in [1.82, 2.24) is 35.1 Å². The highest BCUT2D eigenvalue weighted by Crippen LogP contribution is 2.46. The number of alkyl carbamates (subject to hydrolysis) is 1. The number of likely N-dealkylation sites (N-methyl/N-ethyl adjacent to an activating group) is 1. The van der Waals surface area contributed by atoms with Crippen LogP contribution in [0.5, 0.6) is 5.88 Å². The Balaban J connectivity index is 1.23. The maximum absolute atomic E-state index is 14.8. The van der Waals surface area contributed by atoms with Gasteiger partial charge in [0, 0.05) is 35.7 Å². The number of fused-ring (bicyclic) bond motifs is 3. The topological polar surface area (TPSA) is 201 Å². The SMILES string of the molecule is Cc1ccc2c(OC3C[C@H]4C(=O)N[C@]5(C(=O)NS(=O)(=O)C6CC6)CC5/C=C\CCCN(C)C[C@H](NC(=O)OC(C)(C)C)C(=O)N4C3)nc(-c3csc(NC(C)C)n3)cc2c1. The van der Waals surface area contributed by atoms with E-state index in [4.69, 9.17) is 19.4 Å². The number of amides is 4. The molecule has 2 saturated carbocycles. The summed E-state index contributed by atoms with van der Waals surface area (Å²) in [6.07, 6.45) is 4.73. The van der Waals surface area contributed by atoms with Crippen LogP contribution >= 0.6 is 11.3 Å². The van der Waals surface area contributed by atoms with Gasteiger partial charge < -0.3 is 35.2 Å². The van der Waals surface area contributed by atoms with Crippen molar-refractivity contribution >= 4 is 61.1 Å². The Kier molecular flexibility index (Phi) is 12.2. The number of carbonyl (C=O) groups excluding carboxylic acids is 4. The Morgan fingerprint density at radius 1 is 1.08 bits per heavy atom. The summed E-state index contributed by atoms with van der Waals surface area (Å²) in [5.74, 6) is -2.14. The average molecular weight is 865 g/mol. The minimum Gasteiger partial charge on any atom is -0.472 e. The molecule has 2 unspecified atom stereocenters. The second-order valence-electron chi connectivity index (χ2n) is 17.8. The lowest BCUT2D eigenvalue weighted by atomic mass is 10.1. The van der Waals surface area contributed by atoms with Crippen LogP contribution in [0, 0.1) is 12.8 Å². The normalized spacial score (nSPS) is 26.0. The minimum atomic E-state index is -3.92. The molecule has 16 nitrogen and oxygen atoms in total. The number of aromatic nitrogens is 2. The molecule has 2 aliphatic heterocycles. The van der Waals surface area contributed by atoms with Gasteiger partial charge in [0.2, 0.25) is 27.7 Å². The molecule has 4 aliphatic rings. The van der Waals surface area contributed by atoms with Crippen LogP contribution in [-0.2, 0) is 29.1 Å². The fourth-order valence-corrected chi connectivity index (χ4v) is 9.96. The van der Waals surface area contributed by atoms with Crippen molar-refractivity contribution in [2.24, 2.45) is 5.92 Å². The van der Waals surface area contributed by atoms with Crippen LogP contribution in [0.2, 0.25) is 0 Å². The van der Waals surface area contributed by atoms with Crippen molar-refractivity contribution in [3.8, 4) is 17.3 Å². The first-order chi connectivity index (χ1) is 28.3. The Bertz CT molecular complexity index is 2290. The summed E-state index contributed by atoms with van der Waals surface area (Å²) in [5, 5.41) is 12.6. The standard InChI is InChI=1S/C42H56N8O8S2/c1-24(2)43-39-45-33(23-59-39)31-18-26-17-25(3)12-15-30(26)36(44-31)57-28-19-34-35(51)47-42(38(53)48-60(55,56)29-13-14-29)20-27(42)11-9-8-10-16-49(7)22-32(37(52)50(34)21-28)46-40(54)58-41(4,5)6/h9,11-12,15,17-18,23-24,27-29,32,34H,8,10,13-14,16,19-22H2,1-7H3,(H,43,45)(H,46,54)(H,47,51)(H,48,53)/b11-9-/t27?,28?,32-,34-,42+/m0/s1. The van der Waals surface area contributed by atoms with Gasteiger partial charge in [-0.15, -0.1) is 11.3 Å². The predicted octanol–water partition coefficient (Wildman–Crippen LogP) is 4.49. The summed E-state index contributed by atoms with van der Waals surface area (Å²) in [4.78, 5) is 69.5. The quantitative estimate of drug-likeness (QED) is 0.220. The fourth-order valence-electron chi connectivity index (χ4n) is 7.75. The number of pyridine rings is 1. The molecule has 4 heterocycles. The van der Waals surface area contributed by atoms with Gasteiger partial charge in [0.25, 0.3) is 5.91 Å². The summed E-state index contributed by atoms with van der Waals surface area (Å²) in [7, 11) is -2.07. The average Bonchev–Trinajstić information content (AvgIpc) is 4.03. The lowest BCUT2D eigenvalue weighted by Gasteiger charge is -2.32. The second kappa shape index (κ2) is 16.9. The second-order valence-corrected chi connectivity index (χ2v) is 20.7. The summed E-state index contributed by atoms with van der Waals surface area (Å²) in [6, 6.07) is 5.78. The smallest absolute Gasteiger partial charge is 0.408 e. The molecule has 3 aromatic rings. The van der Waals surface area contributed by atoms with Crippen LogP contribution < -0.4 is 25.4 Å². The highest BCUT2D eigenvalue weighted by atomic mass is 32.2. The van der Waals surface area contributed by atoms with Crippen molar-refractivity contribution in [2.45, 2.75) is 121 Å². The zero-order chi connectivity index (χ0) is 43.1. The molecule has 0 bridgehead atoms. The lowest BCUT2D eigenvalue weighted by Crippen LogP contribution is -2.59. The summed E-state index contributed by atoms with van der Waals surface area (Å²) in [6.45, 7) is 11.9. The van der Waals surface area contributed by atoms with E-state index in [-0.39, 0.29) is 32.0 Å². The molecule has 4 N–H and O–H groups in total. The van der Waals surface area contributed by atoms with Gasteiger partial charge in [-0.3, -0.25) is 19.1 Å². The Labute approximate surface area is 355 Å². The van der Waals surface area contributed by atoms with Gasteiger partial charge >= 0.3 is 6.09 Å². The van der Waals surface area contributed by atoms with Crippen molar-refractivity contribution < 1.29 is 37.1 Å². The Morgan fingerprint density at radius 3 is 2.57 bits per heavy atom. The third kappa shape index (κ3) is 10.0. The van der Waals surface area contributed by atoms with E-state index in [1.807, 2.05) is 74.5 Å². The van der Waals surface area contributed by atoms with Gasteiger partial charge in [-0.1, -0.05) is 29.8 Å². The predicted molar refractivity (Wildman–Crippen MR) is 229 cm³/mol. The number of nitrogens with one attached hydrogen (secondary N) is 4. The molecule has 60 heavy (non-hydrogen) atoms. The van der Waals surface area contributed by atoms with Gasteiger partial charge in [-0.25, -0.2) is 23.2 Å². The number of hydrogen-bond acceptors (Lipinski definition) is 13. The summed E-state index contributed by atoms with van der Waals surface area (Å²) < 4.78 is 40.4. The highest BCUT2D eigenvalue weighted by Gasteiger charge is 2.62. The van der Waals surface area contributed by atoms with Gasteiger partial charge in [-0.2, -0.15) is 0 Å². The van der Waals surface area contributed by atoms with E-state index in [9.17, 15) is 27.6 Å². The van der Waals surface area contributed by atoms with E-state index in [0.29, 0.717) is 49.5 Å². The molecule has 4 amide bonds. The number of rotatable bonds is 9. The molecule has 324 valence electrons. The minimum absolute atomic E-state index is 0.0174. The van der Waals surface area contributed by atoms with E-state index >= 15 is 0 Å². The largest absolute Gasteiger partial charge is 0.472 e. The number of carbonyl (C=O) groups is 4. The van der Waals surface area contributed by atoms with Gasteiger partial charge in [0.1, 0.15) is 35.0 Å². The lowest BCUT2D eigenvalue weighted by molar-refractivity contribution is -0.141. The summed E-state index contributed by atoms with van der Waals surface area (Å²) >= 11 is 1.47. The van der Waals surface area contributed by atoms with Crippen molar-refractivity contribution in [1.29, 1.82) is 0 Å². The molecule has 7 rings (SSSR count). The number of nitrogens with zero attached hydrogens (tertiary/aromatic N) is 4. The van der Waals surface area contributed by atoms with Gasteiger partial charge in [0.05, 0.1) is 17.5 Å². The van der Waals surface area contributed by atoms with Crippen molar-refractivity contribution in [2.75, 3.05) is 32.0 Å². The zero-order valence-corrected chi connectivity index (χ0v) is 36.9. The Morgan fingerprint density at radius 2 is 1.85 bits per heavy atom. The molecule has 0 radical (unpaired) electrons. The molecule has 5 atom stereocenters. The molecule has 1 aromatic carbocycles. The van der Waals surface area contributed by atoms with E-state index in [2.05, 4.69) is 20.7 Å². The van der Waals surface area contributed by atoms with Crippen LogP contribution in [0.1, 0.15) is 78.7 Å². The van der Waals surface area contributed by atoms with E-state index in [0.717, 1.165) is 21.5 Å². The molecular weight excluding hydrogens is 809 g/mol. The number of sulfonamides is 1. The third-order valence-corrected chi connectivity index (χ3v) is 13.6. The first-order valence-electron chi connectivity index (χ1n) is 20.6. The number of anilines is 1. The van der Waals surface area contributed by atoms with Crippen LogP contribution in [0.4, 0.5) is 9.93 Å². The number of thiazole rings is 1. The molecule has 3 fully saturated rings. The number of allylic oxidation sites excluding steroid dienone is 1. The summed E-state index contributed by atoms with van der Waals surface area (Å²) in [5.41, 5.74) is -0.0917. The van der Waals surface area contributed by atoms with Crippen LogP contribution in [0.3, 0.4) is 0 Å². The first kappa shape index (κ1) is 43.3. The Hall–Kier alpha value is -4.81. The molecule has 1 saturated heterocycles. The molecular formula is C42H56N8O8S2. The molecule has 0 spiro atoms. The molecule has 2 aliphatic carbocycles. The van der Waals surface area contributed by atoms with Crippen LogP contribution in [0.15, 0.2) is 41.8 Å². The highest BCUT2D eigenvalue weighted by molar-refractivity contribution is 7.91. The maximum Gasteiger partial charge on any atom is 0.408 e. The molecule has 18 heteroatoms. The number of benzene rings is 1. The van der Waals surface area contributed by atoms with Crippen molar-refractivity contribution in [3.63, 3.8) is 0 Å². The fraction of sp³-hybridized carbons (Fsp3) is 0.571. The van der Waals surface area contributed by atoms with Crippen LogP contribution in [0.25, 0.3) is 22.2 Å². The maximum atomic E-state index is 14.8. The van der Waals surface area contributed by atoms with Crippen molar-refractivity contribution in [3.05, 3.63) is 47.4 Å². The van der Waals surface area contributed by atoms with Crippen LogP contribution in [-0.4, -0.2) is 119 Å². The monoisotopic (exact) mass is 864 g/mol. The third-order valence-electron chi connectivity index (χ3n) is 11.0. The van der Waals surface area contributed by atoms with E-state index < -0.39 is 74.3 Å². The number of aryl methyl sites for hydroxylation is 1. The first-order valence-corrected chi connectivity index (χ1v) is 23.1. The van der Waals surface area contributed by atoms with Gasteiger partial charge in [0.15, 0.2) is 5.13 Å². The number of ether oxygens (including phenoxy) is 2. The molecule has 2 aromatic heterocycles. The van der Waals surface area contributed by atoms with Gasteiger partial charge in [-0.05, 0) is 105 Å².